The van der Waals surface area contributed by atoms with Crippen LogP contribution in [0.4, 0.5) is 0 Å². The van der Waals surface area contributed by atoms with Crippen molar-refractivity contribution in [2.45, 2.75) is 50.3 Å². The van der Waals surface area contributed by atoms with Gasteiger partial charge < -0.3 is 20.5 Å². The predicted molar refractivity (Wildman–Crippen MR) is 112 cm³/mol. The summed E-state index contributed by atoms with van der Waals surface area (Å²) in [5.41, 5.74) is 7.89. The Bertz CT molecular complexity index is 801. The lowest BCUT2D eigenvalue weighted by molar-refractivity contribution is -0.128. The van der Waals surface area contributed by atoms with E-state index in [2.05, 4.69) is 29.6 Å². The van der Waals surface area contributed by atoms with Crippen molar-refractivity contribution in [3.05, 3.63) is 65.7 Å². The van der Waals surface area contributed by atoms with Gasteiger partial charge in [0, 0.05) is 25.2 Å². The zero-order valence-electron chi connectivity index (χ0n) is 16.8. The highest BCUT2D eigenvalue weighted by atomic mass is 16.5. The molecule has 0 bridgehead atoms. The fraction of sp³-hybridized carbons (Fsp3) is 0.458. The molecular formula is C24H30N2O3. The van der Waals surface area contributed by atoms with E-state index in [4.69, 9.17) is 15.2 Å². The summed E-state index contributed by atoms with van der Waals surface area (Å²) in [5, 5.41) is 3.37. The molecule has 2 atom stereocenters. The molecule has 2 aromatic carbocycles. The van der Waals surface area contributed by atoms with Crippen molar-refractivity contribution in [1.29, 1.82) is 0 Å². The van der Waals surface area contributed by atoms with E-state index in [0.29, 0.717) is 19.8 Å². The average Bonchev–Trinajstić information content (AvgIpc) is 3.20. The van der Waals surface area contributed by atoms with Gasteiger partial charge in [-0.3, -0.25) is 4.79 Å². The fourth-order valence-electron chi connectivity index (χ4n) is 4.41. The molecule has 0 aromatic heterocycles. The van der Waals surface area contributed by atoms with Crippen molar-refractivity contribution in [1.82, 2.24) is 5.32 Å². The summed E-state index contributed by atoms with van der Waals surface area (Å²) in [6.07, 6.45) is 4.15. The molecule has 2 unspecified atom stereocenters. The van der Waals surface area contributed by atoms with Crippen LogP contribution in [0.1, 0.15) is 43.2 Å². The van der Waals surface area contributed by atoms with Crippen molar-refractivity contribution >= 4 is 5.91 Å². The summed E-state index contributed by atoms with van der Waals surface area (Å²) in [6, 6.07) is 18.4. The minimum absolute atomic E-state index is 0.0261. The van der Waals surface area contributed by atoms with Crippen molar-refractivity contribution in [3.8, 4) is 5.75 Å². The highest BCUT2D eigenvalue weighted by molar-refractivity contribution is 5.80. The van der Waals surface area contributed by atoms with E-state index >= 15 is 0 Å². The maximum absolute atomic E-state index is 12.9. The first kappa shape index (κ1) is 19.9. The number of nitrogens with two attached hydrogens (primary N) is 1. The standard InChI is InChI=1S/C24H30N2O3/c25-21-9-6-19(16-21)23(27)26-24(12-14-28-15-13-24)20-7-10-22(11-8-20)29-17-18-4-2-1-3-5-18/h1-5,7-8,10-11,19,21H,6,9,12-17,25H2,(H,26,27). The molecule has 2 aliphatic rings. The van der Waals surface area contributed by atoms with Crippen LogP contribution in [0.25, 0.3) is 0 Å². The lowest BCUT2D eigenvalue weighted by atomic mass is 9.82. The van der Waals surface area contributed by atoms with Crippen LogP contribution in [0.2, 0.25) is 0 Å². The monoisotopic (exact) mass is 394 g/mol. The molecule has 2 aromatic rings. The van der Waals surface area contributed by atoms with Gasteiger partial charge in [0.15, 0.2) is 0 Å². The van der Waals surface area contributed by atoms with Crippen LogP contribution in [-0.4, -0.2) is 25.2 Å². The minimum atomic E-state index is -0.375. The molecule has 3 N–H and O–H groups in total. The second-order valence-electron chi connectivity index (χ2n) is 8.25. The highest BCUT2D eigenvalue weighted by Crippen LogP contribution is 2.35. The van der Waals surface area contributed by atoms with Gasteiger partial charge in [0.25, 0.3) is 0 Å². The molecule has 1 heterocycles. The highest BCUT2D eigenvalue weighted by Gasteiger charge is 2.38. The van der Waals surface area contributed by atoms with Crippen LogP contribution in [0, 0.1) is 5.92 Å². The number of benzene rings is 2. The quantitative estimate of drug-likeness (QED) is 0.786. The Morgan fingerprint density at radius 3 is 2.45 bits per heavy atom. The Morgan fingerprint density at radius 2 is 1.79 bits per heavy atom. The van der Waals surface area contributed by atoms with E-state index in [1.165, 1.54) is 0 Å². The van der Waals surface area contributed by atoms with E-state index in [1.54, 1.807) is 0 Å². The van der Waals surface area contributed by atoms with Crippen LogP contribution in [-0.2, 0) is 21.7 Å². The molecule has 0 radical (unpaired) electrons. The molecule has 1 aliphatic carbocycles. The second-order valence-corrected chi connectivity index (χ2v) is 8.25. The SMILES string of the molecule is NC1CCC(C(=O)NC2(c3ccc(OCc4ccccc4)cc3)CCOCC2)C1. The van der Waals surface area contributed by atoms with E-state index in [-0.39, 0.29) is 23.4 Å². The van der Waals surface area contributed by atoms with E-state index in [0.717, 1.165) is 49.0 Å². The number of hydrogen-bond acceptors (Lipinski definition) is 4. The van der Waals surface area contributed by atoms with Gasteiger partial charge in [-0.05, 0) is 55.4 Å². The Hall–Kier alpha value is -2.37. The van der Waals surface area contributed by atoms with Gasteiger partial charge in [0.2, 0.25) is 5.91 Å². The van der Waals surface area contributed by atoms with E-state index < -0.39 is 0 Å². The van der Waals surface area contributed by atoms with Crippen molar-refractivity contribution in [3.63, 3.8) is 0 Å². The maximum Gasteiger partial charge on any atom is 0.223 e. The molecule has 29 heavy (non-hydrogen) atoms. The topological polar surface area (TPSA) is 73.6 Å². The van der Waals surface area contributed by atoms with Gasteiger partial charge >= 0.3 is 0 Å². The van der Waals surface area contributed by atoms with E-state index in [1.807, 2.05) is 30.3 Å². The Labute approximate surface area is 172 Å². The number of carbonyl (C=O) groups excluding carboxylic acids is 1. The van der Waals surface area contributed by atoms with Gasteiger partial charge in [-0.15, -0.1) is 0 Å². The zero-order chi connectivity index (χ0) is 20.1. The number of carbonyl (C=O) groups is 1. The number of nitrogens with one attached hydrogen (secondary N) is 1. The lowest BCUT2D eigenvalue weighted by Gasteiger charge is -2.39. The molecule has 154 valence electrons. The van der Waals surface area contributed by atoms with E-state index in [9.17, 15) is 4.79 Å². The number of hydrogen-bond donors (Lipinski definition) is 2. The third-order valence-corrected chi connectivity index (χ3v) is 6.21. The van der Waals surface area contributed by atoms with Gasteiger partial charge in [-0.1, -0.05) is 42.5 Å². The van der Waals surface area contributed by atoms with Gasteiger partial charge in [0.1, 0.15) is 12.4 Å². The van der Waals surface area contributed by atoms with Crippen LogP contribution in [0.5, 0.6) is 5.75 Å². The summed E-state index contributed by atoms with van der Waals surface area (Å²) in [6.45, 7) is 1.84. The first-order valence-electron chi connectivity index (χ1n) is 10.6. The molecule has 1 saturated carbocycles. The molecule has 4 rings (SSSR count). The first-order valence-corrected chi connectivity index (χ1v) is 10.6. The number of ether oxygens (including phenoxy) is 2. The van der Waals surface area contributed by atoms with Crippen molar-refractivity contribution in [2.24, 2.45) is 11.7 Å². The van der Waals surface area contributed by atoms with Gasteiger partial charge in [-0.2, -0.15) is 0 Å². The number of rotatable bonds is 6. The minimum Gasteiger partial charge on any atom is -0.489 e. The zero-order valence-corrected chi connectivity index (χ0v) is 16.8. The molecule has 5 heteroatoms. The Morgan fingerprint density at radius 1 is 1.07 bits per heavy atom. The molecule has 1 saturated heterocycles. The summed E-state index contributed by atoms with van der Waals surface area (Å²) in [4.78, 5) is 12.9. The third-order valence-electron chi connectivity index (χ3n) is 6.21. The Balaban J connectivity index is 1.45. The van der Waals surface area contributed by atoms with Gasteiger partial charge in [0.05, 0.1) is 5.54 Å². The third kappa shape index (κ3) is 4.80. The average molecular weight is 395 g/mol. The summed E-state index contributed by atoms with van der Waals surface area (Å²) >= 11 is 0. The molecule has 1 amide bonds. The number of amides is 1. The second kappa shape index (κ2) is 8.97. The molecule has 1 aliphatic heterocycles. The van der Waals surface area contributed by atoms with Crippen LogP contribution in [0.3, 0.4) is 0 Å². The molecular weight excluding hydrogens is 364 g/mol. The summed E-state index contributed by atoms with van der Waals surface area (Å²) in [7, 11) is 0. The summed E-state index contributed by atoms with van der Waals surface area (Å²) < 4.78 is 11.5. The van der Waals surface area contributed by atoms with Crippen LogP contribution < -0.4 is 15.8 Å². The van der Waals surface area contributed by atoms with Crippen molar-refractivity contribution < 1.29 is 14.3 Å². The smallest absolute Gasteiger partial charge is 0.223 e. The largest absolute Gasteiger partial charge is 0.489 e. The molecule has 5 nitrogen and oxygen atoms in total. The fourth-order valence-corrected chi connectivity index (χ4v) is 4.41. The first-order chi connectivity index (χ1) is 14.1. The molecule has 0 spiro atoms. The van der Waals surface area contributed by atoms with Crippen LogP contribution >= 0.6 is 0 Å². The normalized spacial score (nSPS) is 23.5. The van der Waals surface area contributed by atoms with Crippen molar-refractivity contribution in [2.75, 3.05) is 13.2 Å². The van der Waals surface area contributed by atoms with Crippen LogP contribution in [0.15, 0.2) is 54.6 Å². The van der Waals surface area contributed by atoms with Gasteiger partial charge in [-0.25, -0.2) is 0 Å². The maximum atomic E-state index is 12.9. The lowest BCUT2D eigenvalue weighted by Crippen LogP contribution is -2.51. The predicted octanol–water partition coefficient (Wildman–Crippen LogP) is 3.51. The Kier molecular flexibility index (Phi) is 6.16. The molecule has 2 fully saturated rings. The summed E-state index contributed by atoms with van der Waals surface area (Å²) in [5.74, 6) is 0.982.